The van der Waals surface area contributed by atoms with Crippen LogP contribution in [0.2, 0.25) is 0 Å². The number of thioether (sulfide) groups is 2. The molecule has 0 aliphatic carbocycles. The number of carbonyl (C=O) groups is 3. The van der Waals surface area contributed by atoms with Gasteiger partial charge in [-0.15, -0.1) is 11.8 Å². The first-order valence-corrected chi connectivity index (χ1v) is 14.4. The number of carboxylic acid groups (broad SMARTS) is 2. The second kappa shape index (κ2) is 20.3. The average Bonchev–Trinajstić information content (AvgIpc) is 2.83. The summed E-state index contributed by atoms with van der Waals surface area (Å²) in [6, 6.07) is 11.4. The third-order valence-electron chi connectivity index (χ3n) is 5.77. The Hall–Kier alpha value is -0.650. The van der Waals surface area contributed by atoms with Crippen LogP contribution in [0.25, 0.3) is 0 Å². The van der Waals surface area contributed by atoms with Crippen LogP contribution in [-0.2, 0) is 16.0 Å². The van der Waals surface area contributed by atoms with Crippen LogP contribution < -0.4 is 4.74 Å². The number of rotatable bonds is 17. The first kappa shape index (κ1) is 38.4. The van der Waals surface area contributed by atoms with Gasteiger partial charge in [-0.3, -0.25) is 14.4 Å². The summed E-state index contributed by atoms with van der Waals surface area (Å²) in [6.45, 7) is 5.81. The van der Waals surface area contributed by atoms with Crippen LogP contribution in [0, 0.1) is 5.92 Å². The van der Waals surface area contributed by atoms with E-state index in [2.05, 4.69) is 0 Å². The van der Waals surface area contributed by atoms with E-state index in [0.717, 1.165) is 29.1 Å². The Balaban J connectivity index is 0.00000722. The Morgan fingerprint density at radius 3 is 2.21 bits per heavy atom. The van der Waals surface area contributed by atoms with Crippen molar-refractivity contribution in [2.45, 2.75) is 63.0 Å². The van der Waals surface area contributed by atoms with Gasteiger partial charge in [-0.1, -0.05) is 32.4 Å². The van der Waals surface area contributed by atoms with E-state index in [1.807, 2.05) is 38.1 Å². The summed E-state index contributed by atoms with van der Waals surface area (Å²) in [5, 5.41) is 28.5. The fourth-order valence-corrected chi connectivity index (χ4v) is 6.11. The zero-order chi connectivity index (χ0) is 27.4. The van der Waals surface area contributed by atoms with E-state index in [1.54, 1.807) is 23.9 Å². The number of aromatic hydroxyl groups is 1. The molecule has 206 valence electrons. The second-order valence-electron chi connectivity index (χ2n) is 8.87. The minimum absolute atomic E-state index is 0. The number of benzene rings is 2. The topological polar surface area (TPSA) is 121 Å². The summed E-state index contributed by atoms with van der Waals surface area (Å²) in [5.41, 5.74) is 1.98. The number of ketones is 1. The van der Waals surface area contributed by atoms with E-state index in [1.165, 1.54) is 18.7 Å². The number of hydrogen-bond acceptors (Lipinski definition) is 7. The Bertz CT molecular complexity index is 1060. The first-order valence-electron chi connectivity index (χ1n) is 12.4. The molecule has 0 bridgehead atoms. The standard InChI is InChI=1S/C28H36O7S2.2Na.2H/c1-4-6-23-24(12-11-22(19(3)29)27(23)34)35-14-5-15-36-21-9-7-20(8-10-21)28(18(2)17-26(32)33)37-16-13-25(30)31;;;;/h7-12,18,28,34H,4-6,13-17H2,1-3H3,(H,30,31)(H,32,33);;;;. The average molecular weight is 597 g/mol. The van der Waals surface area contributed by atoms with Gasteiger partial charge in [0.15, 0.2) is 5.78 Å². The number of Topliss-reactive ketones (excluding diaryl/α,β-unsaturated/α-hetero) is 1. The molecular formula is C28H38Na2O7S2. The van der Waals surface area contributed by atoms with E-state index in [4.69, 9.17) is 9.84 Å². The van der Waals surface area contributed by atoms with E-state index in [0.29, 0.717) is 35.7 Å². The van der Waals surface area contributed by atoms with Crippen LogP contribution >= 0.6 is 23.5 Å². The molecule has 2 aromatic carbocycles. The van der Waals surface area contributed by atoms with E-state index in [-0.39, 0.29) is 94.7 Å². The Morgan fingerprint density at radius 2 is 1.64 bits per heavy atom. The van der Waals surface area contributed by atoms with Gasteiger partial charge in [0.1, 0.15) is 11.5 Å². The maximum atomic E-state index is 11.7. The molecular weight excluding hydrogens is 558 g/mol. The van der Waals surface area contributed by atoms with Crippen molar-refractivity contribution in [3.05, 3.63) is 53.1 Å². The number of carboxylic acids is 2. The molecule has 2 atom stereocenters. The molecule has 0 aliphatic heterocycles. The van der Waals surface area contributed by atoms with Crippen LogP contribution in [0.4, 0.5) is 0 Å². The van der Waals surface area contributed by atoms with Crippen molar-refractivity contribution >= 4 is 100 Å². The van der Waals surface area contributed by atoms with Crippen molar-refractivity contribution in [1.82, 2.24) is 0 Å². The van der Waals surface area contributed by atoms with Crippen LogP contribution in [0.3, 0.4) is 0 Å². The quantitative estimate of drug-likeness (QED) is 0.0983. The first-order chi connectivity index (χ1) is 17.6. The van der Waals surface area contributed by atoms with Crippen LogP contribution in [0.1, 0.15) is 73.2 Å². The van der Waals surface area contributed by atoms with Crippen molar-refractivity contribution in [2.24, 2.45) is 5.92 Å². The summed E-state index contributed by atoms with van der Waals surface area (Å²) in [7, 11) is 0. The molecule has 0 spiro atoms. The summed E-state index contributed by atoms with van der Waals surface area (Å²) in [4.78, 5) is 34.9. The summed E-state index contributed by atoms with van der Waals surface area (Å²) in [5.74, 6) is -0.156. The van der Waals surface area contributed by atoms with E-state index in [9.17, 15) is 24.6 Å². The van der Waals surface area contributed by atoms with Gasteiger partial charge in [0.05, 0.1) is 18.6 Å². The molecule has 0 heterocycles. The third kappa shape index (κ3) is 13.3. The summed E-state index contributed by atoms with van der Waals surface area (Å²) >= 11 is 3.17. The van der Waals surface area contributed by atoms with Gasteiger partial charge in [-0.05, 0) is 55.5 Å². The van der Waals surface area contributed by atoms with Crippen LogP contribution in [0.15, 0.2) is 41.3 Å². The summed E-state index contributed by atoms with van der Waals surface area (Å²) in [6.07, 6.45) is 2.31. The van der Waals surface area contributed by atoms with Crippen LogP contribution in [-0.4, -0.2) is 110 Å². The molecule has 2 unspecified atom stereocenters. The van der Waals surface area contributed by atoms with Crippen molar-refractivity contribution < 1.29 is 34.4 Å². The number of phenolic OH excluding ortho intramolecular Hbond substituents is 1. The molecule has 39 heavy (non-hydrogen) atoms. The van der Waals surface area contributed by atoms with E-state index < -0.39 is 11.9 Å². The van der Waals surface area contributed by atoms with Crippen molar-refractivity contribution in [3.63, 3.8) is 0 Å². The zero-order valence-corrected chi connectivity index (χ0v) is 23.2. The fraction of sp³-hybridized carbons (Fsp3) is 0.464. The number of aliphatic carboxylic acids is 2. The molecule has 0 amide bonds. The van der Waals surface area contributed by atoms with E-state index >= 15 is 0 Å². The van der Waals surface area contributed by atoms with Gasteiger partial charge in [0, 0.05) is 33.6 Å². The molecule has 11 heteroatoms. The molecule has 7 nitrogen and oxygen atoms in total. The van der Waals surface area contributed by atoms with Gasteiger partial charge >= 0.3 is 71.1 Å². The normalized spacial score (nSPS) is 12.0. The predicted molar refractivity (Wildman–Crippen MR) is 163 cm³/mol. The number of hydrogen-bond donors (Lipinski definition) is 3. The predicted octanol–water partition coefficient (Wildman–Crippen LogP) is 5.17. The maximum absolute atomic E-state index is 11.7. The zero-order valence-electron chi connectivity index (χ0n) is 21.6. The molecule has 0 saturated heterocycles. The Labute approximate surface area is 283 Å². The molecule has 0 saturated carbocycles. The van der Waals surface area contributed by atoms with Gasteiger partial charge < -0.3 is 20.1 Å². The van der Waals surface area contributed by atoms with Crippen molar-refractivity contribution in [2.75, 3.05) is 18.1 Å². The molecule has 3 N–H and O–H groups in total. The molecule has 0 aromatic heterocycles. The molecule has 2 rings (SSSR count). The molecule has 2 aromatic rings. The van der Waals surface area contributed by atoms with Crippen LogP contribution in [0.5, 0.6) is 11.5 Å². The van der Waals surface area contributed by atoms with Gasteiger partial charge in [0.25, 0.3) is 0 Å². The minimum atomic E-state index is -0.863. The Morgan fingerprint density at radius 1 is 0.974 bits per heavy atom. The summed E-state index contributed by atoms with van der Waals surface area (Å²) < 4.78 is 5.93. The van der Waals surface area contributed by atoms with Gasteiger partial charge in [-0.2, -0.15) is 11.8 Å². The van der Waals surface area contributed by atoms with Crippen molar-refractivity contribution in [1.29, 1.82) is 0 Å². The monoisotopic (exact) mass is 596 g/mol. The SMILES string of the molecule is CCCc1c(OCCCSc2ccc(C(SCCC(=O)O)C(C)CC(=O)O)cc2)ccc(C(C)=O)c1O.[NaH].[NaH]. The number of carbonyl (C=O) groups excluding carboxylic acids is 1. The molecule has 0 fully saturated rings. The third-order valence-corrected chi connectivity index (χ3v) is 8.40. The van der Waals surface area contributed by atoms with Gasteiger partial charge in [0.2, 0.25) is 0 Å². The number of phenols is 1. The fourth-order valence-electron chi connectivity index (χ4n) is 3.96. The molecule has 0 aliphatic rings. The Kier molecular flexibility index (Phi) is 19.9. The second-order valence-corrected chi connectivity index (χ2v) is 11.3. The van der Waals surface area contributed by atoms with Gasteiger partial charge in [-0.25, -0.2) is 0 Å². The van der Waals surface area contributed by atoms with Crippen molar-refractivity contribution in [3.8, 4) is 11.5 Å². The molecule has 0 radical (unpaired) electrons. The number of ether oxygens (including phenoxy) is 1.